The van der Waals surface area contributed by atoms with E-state index in [0.29, 0.717) is 6.61 Å². The molecule has 108 valence electrons. The van der Waals surface area contributed by atoms with Gasteiger partial charge in [0, 0.05) is 22.9 Å². The van der Waals surface area contributed by atoms with E-state index in [2.05, 4.69) is 30.4 Å². The van der Waals surface area contributed by atoms with E-state index in [0.717, 1.165) is 23.1 Å². The molecule has 0 amide bonds. The minimum atomic E-state index is 0.248. The predicted molar refractivity (Wildman–Crippen MR) is 87.1 cm³/mol. The molecule has 0 radical (unpaired) electrons. The summed E-state index contributed by atoms with van der Waals surface area (Å²) in [6, 6.07) is 12.5. The number of nitrogens with one attached hydrogen (secondary N) is 1. The largest absolute Gasteiger partial charge is 0.494 e. The number of hydrogen-bond donors (Lipinski definition) is 1. The fourth-order valence-corrected chi connectivity index (χ4v) is 3.39. The Morgan fingerprint density at radius 2 is 2.00 bits per heavy atom. The summed E-state index contributed by atoms with van der Waals surface area (Å²) in [5.74, 6) is 0.962. The minimum Gasteiger partial charge on any atom is -0.494 e. The molecule has 0 saturated carbocycles. The molecular weight excluding hydrogens is 290 g/mol. The van der Waals surface area contributed by atoms with Gasteiger partial charge in [0.15, 0.2) is 0 Å². The number of halogens is 1. The third kappa shape index (κ3) is 3.98. The Kier molecular flexibility index (Phi) is 5.89. The molecule has 1 atom stereocenters. The maximum Gasteiger partial charge on any atom is 0.124 e. The number of rotatable bonds is 7. The average molecular weight is 310 g/mol. The summed E-state index contributed by atoms with van der Waals surface area (Å²) in [7, 11) is 0. The van der Waals surface area contributed by atoms with Crippen molar-refractivity contribution in [1.29, 1.82) is 0 Å². The van der Waals surface area contributed by atoms with Crippen LogP contribution in [0.1, 0.15) is 30.3 Å². The van der Waals surface area contributed by atoms with Crippen LogP contribution in [-0.2, 0) is 6.42 Å². The lowest BCUT2D eigenvalue weighted by molar-refractivity contribution is 0.331. The van der Waals surface area contributed by atoms with Crippen molar-refractivity contribution in [2.75, 3.05) is 13.2 Å². The molecule has 1 heterocycles. The zero-order chi connectivity index (χ0) is 14.4. The molecule has 20 heavy (non-hydrogen) atoms. The second-order valence-electron chi connectivity index (χ2n) is 4.49. The lowest BCUT2D eigenvalue weighted by atomic mass is 10.0. The molecule has 0 fully saturated rings. The van der Waals surface area contributed by atoms with E-state index in [4.69, 9.17) is 16.3 Å². The lowest BCUT2D eigenvalue weighted by Crippen LogP contribution is -2.23. The summed E-state index contributed by atoms with van der Waals surface area (Å²) in [6.45, 7) is 5.74. The van der Waals surface area contributed by atoms with Gasteiger partial charge >= 0.3 is 0 Å². The molecule has 0 bridgehead atoms. The molecule has 0 saturated heterocycles. The second kappa shape index (κ2) is 7.67. The fourth-order valence-electron chi connectivity index (χ4n) is 2.26. The SMILES string of the molecule is CCNC(Cc1ccc(Cl)s1)c1ccccc1OCC. The molecule has 2 nitrogen and oxygen atoms in total. The second-order valence-corrected chi connectivity index (χ2v) is 6.29. The molecule has 1 aromatic carbocycles. The maximum absolute atomic E-state index is 6.02. The topological polar surface area (TPSA) is 21.3 Å². The van der Waals surface area contributed by atoms with Gasteiger partial charge in [-0.3, -0.25) is 0 Å². The summed E-state index contributed by atoms with van der Waals surface area (Å²) in [5, 5.41) is 3.54. The first-order valence-electron chi connectivity index (χ1n) is 6.93. The predicted octanol–water partition coefficient (Wildman–Crippen LogP) is 4.69. The van der Waals surface area contributed by atoms with Gasteiger partial charge in [0.25, 0.3) is 0 Å². The monoisotopic (exact) mass is 309 g/mol. The van der Waals surface area contributed by atoms with E-state index in [9.17, 15) is 0 Å². The minimum absolute atomic E-state index is 0.248. The quantitative estimate of drug-likeness (QED) is 0.801. The van der Waals surface area contributed by atoms with Gasteiger partial charge in [-0.1, -0.05) is 36.7 Å². The molecule has 0 aliphatic carbocycles. The highest BCUT2D eigenvalue weighted by atomic mass is 35.5. The molecule has 0 spiro atoms. The smallest absolute Gasteiger partial charge is 0.124 e. The van der Waals surface area contributed by atoms with Gasteiger partial charge in [-0.05, 0) is 31.7 Å². The normalized spacial score (nSPS) is 12.3. The van der Waals surface area contributed by atoms with Gasteiger partial charge in [-0.25, -0.2) is 0 Å². The van der Waals surface area contributed by atoms with Crippen LogP contribution in [0.5, 0.6) is 5.75 Å². The van der Waals surface area contributed by atoms with Gasteiger partial charge < -0.3 is 10.1 Å². The van der Waals surface area contributed by atoms with Crippen LogP contribution in [0, 0.1) is 0 Å². The van der Waals surface area contributed by atoms with Crippen molar-refractivity contribution in [2.24, 2.45) is 0 Å². The summed E-state index contributed by atoms with van der Waals surface area (Å²) in [6.07, 6.45) is 0.926. The van der Waals surface area contributed by atoms with Crippen LogP contribution in [0.25, 0.3) is 0 Å². The van der Waals surface area contributed by atoms with Crippen molar-refractivity contribution < 1.29 is 4.74 Å². The summed E-state index contributed by atoms with van der Waals surface area (Å²) < 4.78 is 6.59. The Hall–Kier alpha value is -1.03. The van der Waals surface area contributed by atoms with Crippen molar-refractivity contribution in [2.45, 2.75) is 26.3 Å². The zero-order valence-corrected chi connectivity index (χ0v) is 13.4. The third-order valence-corrected chi connectivity index (χ3v) is 4.33. The number of hydrogen-bond acceptors (Lipinski definition) is 3. The Morgan fingerprint density at radius 3 is 2.65 bits per heavy atom. The van der Waals surface area contributed by atoms with Gasteiger partial charge in [0.2, 0.25) is 0 Å². The highest BCUT2D eigenvalue weighted by molar-refractivity contribution is 7.16. The molecule has 2 aromatic rings. The van der Waals surface area contributed by atoms with E-state index in [1.54, 1.807) is 11.3 Å². The first-order chi connectivity index (χ1) is 9.74. The molecule has 4 heteroatoms. The highest BCUT2D eigenvalue weighted by Crippen LogP contribution is 2.31. The first kappa shape index (κ1) is 15.4. The third-order valence-electron chi connectivity index (χ3n) is 3.08. The molecule has 1 aromatic heterocycles. The summed E-state index contributed by atoms with van der Waals surface area (Å²) in [5.41, 5.74) is 1.21. The van der Waals surface area contributed by atoms with E-state index in [1.807, 2.05) is 25.1 Å². The summed E-state index contributed by atoms with van der Waals surface area (Å²) >= 11 is 7.66. The van der Waals surface area contributed by atoms with Crippen molar-refractivity contribution in [3.05, 3.63) is 51.2 Å². The fraction of sp³-hybridized carbons (Fsp3) is 0.375. The summed E-state index contributed by atoms with van der Waals surface area (Å²) in [4.78, 5) is 1.28. The van der Waals surface area contributed by atoms with E-state index >= 15 is 0 Å². The molecule has 1 N–H and O–H groups in total. The molecular formula is C16H20ClNOS. The average Bonchev–Trinajstić information content (AvgIpc) is 2.85. The van der Waals surface area contributed by atoms with Crippen LogP contribution in [0.2, 0.25) is 4.34 Å². The number of benzene rings is 1. The number of likely N-dealkylation sites (N-methyl/N-ethyl adjacent to an activating group) is 1. The van der Waals surface area contributed by atoms with E-state index in [1.165, 1.54) is 10.4 Å². The Labute approximate surface area is 129 Å². The van der Waals surface area contributed by atoms with Gasteiger partial charge in [-0.15, -0.1) is 11.3 Å². The van der Waals surface area contributed by atoms with Crippen molar-refractivity contribution in [3.63, 3.8) is 0 Å². The van der Waals surface area contributed by atoms with Crippen LogP contribution in [-0.4, -0.2) is 13.2 Å². The van der Waals surface area contributed by atoms with Crippen LogP contribution in [0.15, 0.2) is 36.4 Å². The number of para-hydroxylation sites is 1. The molecule has 0 aliphatic rings. The molecule has 0 aliphatic heterocycles. The Morgan fingerprint density at radius 1 is 1.20 bits per heavy atom. The number of thiophene rings is 1. The molecule has 1 unspecified atom stereocenters. The van der Waals surface area contributed by atoms with Crippen molar-refractivity contribution in [1.82, 2.24) is 5.32 Å². The van der Waals surface area contributed by atoms with E-state index < -0.39 is 0 Å². The van der Waals surface area contributed by atoms with Crippen LogP contribution >= 0.6 is 22.9 Å². The maximum atomic E-state index is 6.02. The van der Waals surface area contributed by atoms with Crippen LogP contribution < -0.4 is 10.1 Å². The van der Waals surface area contributed by atoms with Crippen LogP contribution in [0.4, 0.5) is 0 Å². The first-order valence-corrected chi connectivity index (χ1v) is 8.13. The van der Waals surface area contributed by atoms with E-state index in [-0.39, 0.29) is 6.04 Å². The van der Waals surface area contributed by atoms with Gasteiger partial charge in [0.1, 0.15) is 5.75 Å². The zero-order valence-electron chi connectivity index (χ0n) is 11.9. The van der Waals surface area contributed by atoms with Crippen molar-refractivity contribution >= 4 is 22.9 Å². The highest BCUT2D eigenvalue weighted by Gasteiger charge is 2.16. The standard InChI is InChI=1S/C16H20ClNOS/c1-3-18-14(11-12-9-10-16(17)20-12)13-7-5-6-8-15(13)19-4-2/h5-10,14,18H,3-4,11H2,1-2H3. The molecule has 2 rings (SSSR count). The van der Waals surface area contributed by atoms with Crippen LogP contribution in [0.3, 0.4) is 0 Å². The Balaban J connectivity index is 2.23. The Bertz CT molecular complexity index is 541. The van der Waals surface area contributed by atoms with Gasteiger partial charge in [-0.2, -0.15) is 0 Å². The number of ether oxygens (including phenoxy) is 1. The van der Waals surface area contributed by atoms with Crippen molar-refractivity contribution in [3.8, 4) is 5.75 Å². The lowest BCUT2D eigenvalue weighted by Gasteiger charge is -2.20. The van der Waals surface area contributed by atoms with Gasteiger partial charge in [0.05, 0.1) is 10.9 Å².